The number of unbranched alkanes of at least 4 members (excludes halogenated alkanes) is 1. The van der Waals surface area contributed by atoms with Gasteiger partial charge in [0.1, 0.15) is 11.8 Å². The monoisotopic (exact) mass is 311 g/mol. The minimum Gasteiger partial charge on any atom is -0.492 e. The zero-order chi connectivity index (χ0) is 16.3. The second-order valence-corrected chi connectivity index (χ2v) is 7.66. The van der Waals surface area contributed by atoms with Crippen LogP contribution in [0.5, 0.6) is 5.75 Å². The number of benzene rings is 1. The van der Waals surface area contributed by atoms with E-state index in [1.54, 1.807) is 0 Å². The summed E-state index contributed by atoms with van der Waals surface area (Å²) in [6, 6.07) is 8.73. The van der Waals surface area contributed by atoms with Crippen molar-refractivity contribution in [1.29, 1.82) is 5.26 Å². The van der Waals surface area contributed by atoms with Crippen LogP contribution >= 0.6 is 0 Å². The van der Waals surface area contributed by atoms with Crippen molar-refractivity contribution in [3.63, 3.8) is 0 Å². The van der Waals surface area contributed by atoms with Crippen molar-refractivity contribution < 1.29 is 4.74 Å². The maximum absolute atomic E-state index is 9.51. The molecular weight excluding hydrogens is 282 g/mol. The van der Waals surface area contributed by atoms with Gasteiger partial charge >= 0.3 is 0 Å². The lowest BCUT2D eigenvalue weighted by Crippen LogP contribution is -2.43. The summed E-state index contributed by atoms with van der Waals surface area (Å²) >= 11 is 0. The Kier molecular flexibility index (Phi) is 4.67. The van der Waals surface area contributed by atoms with E-state index in [1.165, 1.54) is 50.5 Å². The van der Waals surface area contributed by atoms with Gasteiger partial charge in [0, 0.05) is 0 Å². The molecule has 0 aromatic heterocycles. The largest absolute Gasteiger partial charge is 0.492 e. The quantitative estimate of drug-likeness (QED) is 0.628. The molecule has 0 saturated heterocycles. The third-order valence-corrected chi connectivity index (χ3v) is 6.62. The molecule has 1 aromatic carbocycles. The number of fused-ring (bicyclic) bond motifs is 3. The second kappa shape index (κ2) is 6.56. The third-order valence-electron chi connectivity index (χ3n) is 6.62. The minimum atomic E-state index is 0.324. The Morgan fingerprint density at radius 2 is 1.78 bits per heavy atom. The zero-order valence-electron chi connectivity index (χ0n) is 14.7. The first-order chi connectivity index (χ1) is 11.2. The normalized spacial score (nSPS) is 29.3. The molecule has 2 heteroatoms. The summed E-state index contributed by atoms with van der Waals surface area (Å²) < 4.78 is 5.80. The maximum atomic E-state index is 9.51. The van der Waals surface area contributed by atoms with Crippen LogP contribution in [0.3, 0.4) is 0 Å². The Labute approximate surface area is 140 Å². The van der Waals surface area contributed by atoms with Crippen molar-refractivity contribution in [3.8, 4) is 11.8 Å². The number of nitrogens with zero attached hydrogens (tertiary/aromatic N) is 1. The molecule has 0 spiro atoms. The van der Waals surface area contributed by atoms with E-state index < -0.39 is 0 Å². The summed E-state index contributed by atoms with van der Waals surface area (Å²) in [4.78, 5) is 0. The number of nitriles is 1. The number of rotatable bonds is 6. The van der Waals surface area contributed by atoms with Crippen molar-refractivity contribution in [2.45, 2.75) is 77.0 Å². The number of hydrogen-bond donors (Lipinski definition) is 0. The highest BCUT2D eigenvalue weighted by atomic mass is 16.5. The van der Waals surface area contributed by atoms with Gasteiger partial charge in [0.05, 0.1) is 12.2 Å². The smallest absolute Gasteiger partial charge is 0.137 e. The van der Waals surface area contributed by atoms with E-state index in [1.807, 2.05) is 6.07 Å². The number of hydrogen-bond acceptors (Lipinski definition) is 2. The molecule has 0 aliphatic heterocycles. The summed E-state index contributed by atoms with van der Waals surface area (Å²) in [6.07, 6.45) is 11.4. The molecule has 2 nitrogen and oxygen atoms in total. The molecule has 0 atom stereocenters. The van der Waals surface area contributed by atoms with E-state index in [4.69, 9.17) is 4.74 Å². The average molecular weight is 311 g/mol. The van der Waals surface area contributed by atoms with Crippen molar-refractivity contribution in [2.24, 2.45) is 5.41 Å². The van der Waals surface area contributed by atoms with Crippen LogP contribution in [0.15, 0.2) is 18.2 Å². The van der Waals surface area contributed by atoms with E-state index in [2.05, 4.69) is 32.0 Å². The van der Waals surface area contributed by atoms with Gasteiger partial charge in [0.2, 0.25) is 0 Å². The van der Waals surface area contributed by atoms with Crippen LogP contribution in [0.4, 0.5) is 0 Å². The van der Waals surface area contributed by atoms with Crippen molar-refractivity contribution in [3.05, 3.63) is 29.3 Å². The lowest BCUT2D eigenvalue weighted by atomic mass is 9.51. The summed E-state index contributed by atoms with van der Waals surface area (Å²) in [7, 11) is 0. The Morgan fingerprint density at radius 3 is 2.35 bits per heavy atom. The number of ether oxygens (including phenoxy) is 1. The zero-order valence-corrected chi connectivity index (χ0v) is 14.7. The van der Waals surface area contributed by atoms with Crippen LogP contribution in [0.2, 0.25) is 0 Å². The van der Waals surface area contributed by atoms with Gasteiger partial charge in [-0.15, -0.1) is 0 Å². The molecule has 3 fully saturated rings. The van der Waals surface area contributed by atoms with Gasteiger partial charge in [-0.2, -0.15) is 5.26 Å². The summed E-state index contributed by atoms with van der Waals surface area (Å²) in [6.45, 7) is 5.21. The molecule has 3 aliphatic rings. The molecule has 124 valence electrons. The molecule has 4 rings (SSSR count). The standard InChI is InChI=1S/C21H29NO/c1-3-5-14-23-19-7-6-18(15-17(19)16-22)21-11-8-20(4-2,9-12-21)10-13-21/h6-7,15H,3-5,8-14H2,1-2H3. The van der Waals surface area contributed by atoms with Gasteiger partial charge in [-0.05, 0) is 73.5 Å². The minimum absolute atomic E-state index is 0.324. The lowest BCUT2D eigenvalue weighted by Gasteiger charge is -2.54. The van der Waals surface area contributed by atoms with E-state index >= 15 is 0 Å². The molecule has 23 heavy (non-hydrogen) atoms. The molecule has 2 bridgehead atoms. The molecule has 3 saturated carbocycles. The van der Waals surface area contributed by atoms with Crippen LogP contribution in [0.1, 0.15) is 82.8 Å². The first kappa shape index (κ1) is 16.4. The second-order valence-electron chi connectivity index (χ2n) is 7.66. The van der Waals surface area contributed by atoms with E-state index in [0.29, 0.717) is 23.0 Å². The predicted molar refractivity (Wildman–Crippen MR) is 93.7 cm³/mol. The van der Waals surface area contributed by atoms with Crippen LogP contribution in [-0.2, 0) is 5.41 Å². The van der Waals surface area contributed by atoms with Crippen molar-refractivity contribution >= 4 is 0 Å². The Hall–Kier alpha value is -1.49. The fourth-order valence-electron chi connectivity index (χ4n) is 4.63. The van der Waals surface area contributed by atoms with E-state index in [-0.39, 0.29) is 0 Å². The molecule has 0 radical (unpaired) electrons. The highest BCUT2D eigenvalue weighted by Gasteiger charge is 2.48. The fraction of sp³-hybridized carbons (Fsp3) is 0.667. The van der Waals surface area contributed by atoms with Crippen LogP contribution in [0, 0.1) is 16.7 Å². The summed E-state index contributed by atoms with van der Waals surface area (Å²) in [5.74, 6) is 0.760. The Morgan fingerprint density at radius 1 is 1.09 bits per heavy atom. The molecule has 0 N–H and O–H groups in total. The van der Waals surface area contributed by atoms with Gasteiger partial charge in [0.25, 0.3) is 0 Å². The first-order valence-electron chi connectivity index (χ1n) is 9.34. The molecule has 0 heterocycles. The van der Waals surface area contributed by atoms with Crippen LogP contribution in [-0.4, -0.2) is 6.61 Å². The highest BCUT2D eigenvalue weighted by Crippen LogP contribution is 2.59. The van der Waals surface area contributed by atoms with Gasteiger partial charge in [-0.3, -0.25) is 0 Å². The van der Waals surface area contributed by atoms with Gasteiger partial charge < -0.3 is 4.74 Å². The van der Waals surface area contributed by atoms with Crippen molar-refractivity contribution in [1.82, 2.24) is 0 Å². The van der Waals surface area contributed by atoms with E-state index in [0.717, 1.165) is 18.6 Å². The molecular formula is C21H29NO. The SMILES string of the molecule is CCCCOc1ccc(C23CCC(CC)(CC2)CC3)cc1C#N. The van der Waals surface area contributed by atoms with E-state index in [9.17, 15) is 5.26 Å². The van der Waals surface area contributed by atoms with Gasteiger partial charge in [-0.25, -0.2) is 0 Å². The summed E-state index contributed by atoms with van der Waals surface area (Å²) in [5.41, 5.74) is 3.04. The average Bonchev–Trinajstić information content (AvgIpc) is 2.63. The topological polar surface area (TPSA) is 33.0 Å². The first-order valence-corrected chi connectivity index (χ1v) is 9.34. The molecule has 1 aromatic rings. The van der Waals surface area contributed by atoms with Gasteiger partial charge in [-0.1, -0.05) is 32.8 Å². The molecule has 0 amide bonds. The highest BCUT2D eigenvalue weighted by molar-refractivity contribution is 5.47. The molecule has 3 aliphatic carbocycles. The van der Waals surface area contributed by atoms with Crippen LogP contribution in [0.25, 0.3) is 0 Å². The molecule has 0 unspecified atom stereocenters. The lowest BCUT2D eigenvalue weighted by molar-refractivity contribution is 0.0366. The fourth-order valence-corrected chi connectivity index (χ4v) is 4.63. The van der Waals surface area contributed by atoms with Crippen LogP contribution < -0.4 is 4.74 Å². The van der Waals surface area contributed by atoms with Crippen molar-refractivity contribution in [2.75, 3.05) is 6.61 Å². The third kappa shape index (κ3) is 2.99. The maximum Gasteiger partial charge on any atom is 0.137 e. The Balaban J connectivity index is 1.80. The Bertz CT molecular complexity index is 574. The van der Waals surface area contributed by atoms with Gasteiger partial charge in [0.15, 0.2) is 0 Å². The summed E-state index contributed by atoms with van der Waals surface area (Å²) in [5, 5.41) is 9.51. The predicted octanol–water partition coefficient (Wildman–Crippen LogP) is 5.74.